The van der Waals surface area contributed by atoms with Crippen molar-refractivity contribution in [3.8, 4) is 0 Å². The van der Waals surface area contributed by atoms with Crippen molar-refractivity contribution < 1.29 is 0 Å². The van der Waals surface area contributed by atoms with Gasteiger partial charge in [0.25, 0.3) is 0 Å². The molecule has 0 atom stereocenters. The SMILES string of the molecule is CC(C)N1CCc2c(Br)ccc(N)c2C1. The number of hydrogen-bond acceptors (Lipinski definition) is 2. The number of rotatable bonds is 1. The molecule has 0 amide bonds. The molecular weight excluding hydrogens is 252 g/mol. The van der Waals surface area contributed by atoms with Crippen LogP contribution in [0.2, 0.25) is 0 Å². The smallest absolute Gasteiger partial charge is 0.0363 e. The summed E-state index contributed by atoms with van der Waals surface area (Å²) in [6.07, 6.45) is 1.10. The highest BCUT2D eigenvalue weighted by atomic mass is 79.9. The molecule has 1 heterocycles. The summed E-state index contributed by atoms with van der Waals surface area (Å²) in [6.45, 7) is 6.59. The molecule has 0 unspecified atom stereocenters. The van der Waals surface area contributed by atoms with Gasteiger partial charge in [-0.15, -0.1) is 0 Å². The number of nitrogens with zero attached hydrogens (tertiary/aromatic N) is 1. The van der Waals surface area contributed by atoms with Gasteiger partial charge in [-0.1, -0.05) is 15.9 Å². The van der Waals surface area contributed by atoms with Crippen molar-refractivity contribution in [2.75, 3.05) is 12.3 Å². The Hall–Kier alpha value is -0.540. The van der Waals surface area contributed by atoms with Crippen LogP contribution < -0.4 is 5.73 Å². The minimum Gasteiger partial charge on any atom is -0.398 e. The molecule has 3 heteroatoms. The molecule has 0 fully saturated rings. The molecule has 0 aliphatic carbocycles. The maximum absolute atomic E-state index is 6.03. The molecule has 15 heavy (non-hydrogen) atoms. The number of fused-ring (bicyclic) bond motifs is 1. The standard InChI is InChI=1S/C12H17BrN2/c1-8(2)15-6-5-9-10(7-15)12(14)4-3-11(9)13/h3-4,8H,5-7,14H2,1-2H3. The lowest BCUT2D eigenvalue weighted by Crippen LogP contribution is -2.36. The van der Waals surface area contributed by atoms with Crippen molar-refractivity contribution in [3.05, 3.63) is 27.7 Å². The van der Waals surface area contributed by atoms with Gasteiger partial charge in [0.2, 0.25) is 0 Å². The number of nitrogens with two attached hydrogens (primary N) is 1. The van der Waals surface area contributed by atoms with E-state index in [-0.39, 0.29) is 0 Å². The topological polar surface area (TPSA) is 29.3 Å². The number of nitrogen functional groups attached to an aromatic ring is 1. The van der Waals surface area contributed by atoms with Gasteiger partial charge in [-0.3, -0.25) is 4.90 Å². The van der Waals surface area contributed by atoms with Gasteiger partial charge >= 0.3 is 0 Å². The van der Waals surface area contributed by atoms with Crippen LogP contribution in [-0.4, -0.2) is 17.5 Å². The van der Waals surface area contributed by atoms with Crippen LogP contribution >= 0.6 is 15.9 Å². The van der Waals surface area contributed by atoms with Crippen LogP contribution in [0.25, 0.3) is 0 Å². The van der Waals surface area contributed by atoms with E-state index in [1.165, 1.54) is 15.6 Å². The van der Waals surface area contributed by atoms with Crippen molar-refractivity contribution in [1.82, 2.24) is 4.90 Å². The largest absolute Gasteiger partial charge is 0.398 e. The molecule has 0 saturated heterocycles. The van der Waals surface area contributed by atoms with Crippen LogP contribution in [0.1, 0.15) is 25.0 Å². The fourth-order valence-electron chi connectivity index (χ4n) is 2.12. The second kappa shape index (κ2) is 4.14. The first-order chi connectivity index (χ1) is 7.09. The molecule has 2 rings (SSSR count). The first-order valence-electron chi connectivity index (χ1n) is 5.39. The third-order valence-electron chi connectivity index (χ3n) is 3.15. The summed E-state index contributed by atoms with van der Waals surface area (Å²) in [5.74, 6) is 0. The van der Waals surface area contributed by atoms with Gasteiger partial charge in [-0.05, 0) is 43.5 Å². The van der Waals surface area contributed by atoms with E-state index in [2.05, 4.69) is 40.7 Å². The van der Waals surface area contributed by atoms with Crippen molar-refractivity contribution in [3.63, 3.8) is 0 Å². The number of hydrogen-bond donors (Lipinski definition) is 1. The Labute approximate surface area is 99.6 Å². The molecule has 1 aliphatic heterocycles. The van der Waals surface area contributed by atoms with E-state index in [0.717, 1.165) is 25.2 Å². The van der Waals surface area contributed by atoms with Gasteiger partial charge in [-0.2, -0.15) is 0 Å². The normalized spacial score (nSPS) is 16.8. The van der Waals surface area contributed by atoms with Crippen LogP contribution in [0.5, 0.6) is 0 Å². The molecule has 1 aliphatic rings. The van der Waals surface area contributed by atoms with Gasteiger partial charge < -0.3 is 5.73 Å². The first-order valence-corrected chi connectivity index (χ1v) is 6.18. The second-order valence-corrected chi connectivity index (χ2v) is 5.26. The lowest BCUT2D eigenvalue weighted by Gasteiger charge is -2.33. The Kier molecular flexibility index (Phi) is 3.03. The lowest BCUT2D eigenvalue weighted by molar-refractivity contribution is 0.203. The third-order valence-corrected chi connectivity index (χ3v) is 3.89. The van der Waals surface area contributed by atoms with Crippen LogP contribution in [-0.2, 0) is 13.0 Å². The summed E-state index contributed by atoms with van der Waals surface area (Å²) < 4.78 is 1.20. The van der Waals surface area contributed by atoms with E-state index in [4.69, 9.17) is 5.73 Å². The molecule has 2 nitrogen and oxygen atoms in total. The highest BCUT2D eigenvalue weighted by molar-refractivity contribution is 9.10. The van der Waals surface area contributed by atoms with E-state index < -0.39 is 0 Å². The summed E-state index contributed by atoms with van der Waals surface area (Å²) in [5.41, 5.74) is 9.66. The third kappa shape index (κ3) is 2.04. The second-order valence-electron chi connectivity index (χ2n) is 4.41. The Morgan fingerprint density at radius 2 is 2.07 bits per heavy atom. The lowest BCUT2D eigenvalue weighted by atomic mass is 9.97. The molecule has 0 spiro atoms. The summed E-state index contributed by atoms with van der Waals surface area (Å²) >= 11 is 3.60. The predicted octanol–water partition coefficient (Wildman–Crippen LogP) is 2.80. The molecular formula is C12H17BrN2. The summed E-state index contributed by atoms with van der Waals surface area (Å²) in [6, 6.07) is 4.64. The molecule has 2 N–H and O–H groups in total. The maximum Gasteiger partial charge on any atom is 0.0363 e. The average molecular weight is 269 g/mol. The monoisotopic (exact) mass is 268 g/mol. The Morgan fingerprint density at radius 1 is 1.33 bits per heavy atom. The van der Waals surface area contributed by atoms with Crippen LogP contribution in [0.15, 0.2) is 16.6 Å². The zero-order valence-electron chi connectivity index (χ0n) is 9.26. The molecule has 0 aromatic heterocycles. The highest BCUT2D eigenvalue weighted by Gasteiger charge is 2.21. The van der Waals surface area contributed by atoms with Crippen LogP contribution in [0, 0.1) is 0 Å². The van der Waals surface area contributed by atoms with Gasteiger partial charge in [0.15, 0.2) is 0 Å². The quantitative estimate of drug-likeness (QED) is 0.794. The molecule has 1 aromatic rings. The summed E-state index contributed by atoms with van der Waals surface area (Å²) in [7, 11) is 0. The number of halogens is 1. The fourth-order valence-corrected chi connectivity index (χ4v) is 2.69. The minimum absolute atomic E-state index is 0.594. The zero-order chi connectivity index (χ0) is 11.0. The highest BCUT2D eigenvalue weighted by Crippen LogP contribution is 2.31. The molecule has 82 valence electrons. The molecule has 0 radical (unpaired) electrons. The van der Waals surface area contributed by atoms with Crippen LogP contribution in [0.3, 0.4) is 0 Å². The van der Waals surface area contributed by atoms with Crippen molar-refractivity contribution >= 4 is 21.6 Å². The summed E-state index contributed by atoms with van der Waals surface area (Å²) in [4.78, 5) is 2.46. The van der Waals surface area contributed by atoms with E-state index in [0.29, 0.717) is 6.04 Å². The van der Waals surface area contributed by atoms with Crippen LogP contribution in [0.4, 0.5) is 5.69 Å². The van der Waals surface area contributed by atoms with Crippen molar-refractivity contribution in [2.24, 2.45) is 0 Å². The average Bonchev–Trinajstić information content (AvgIpc) is 2.23. The zero-order valence-corrected chi connectivity index (χ0v) is 10.8. The van der Waals surface area contributed by atoms with Crippen molar-refractivity contribution in [1.29, 1.82) is 0 Å². The molecule has 0 bridgehead atoms. The molecule has 1 aromatic carbocycles. The maximum atomic E-state index is 6.03. The number of benzene rings is 1. The Morgan fingerprint density at radius 3 is 2.73 bits per heavy atom. The van der Waals surface area contributed by atoms with E-state index in [9.17, 15) is 0 Å². The van der Waals surface area contributed by atoms with Crippen molar-refractivity contribution in [2.45, 2.75) is 32.9 Å². The van der Waals surface area contributed by atoms with E-state index in [1.807, 2.05) is 6.07 Å². The minimum atomic E-state index is 0.594. The first kappa shape index (κ1) is 11.0. The summed E-state index contributed by atoms with van der Waals surface area (Å²) in [5, 5.41) is 0. The van der Waals surface area contributed by atoms with Gasteiger partial charge in [0.05, 0.1) is 0 Å². The molecule has 0 saturated carbocycles. The fraction of sp³-hybridized carbons (Fsp3) is 0.500. The van der Waals surface area contributed by atoms with Gasteiger partial charge in [0.1, 0.15) is 0 Å². The van der Waals surface area contributed by atoms with E-state index in [1.54, 1.807) is 0 Å². The predicted molar refractivity (Wildman–Crippen MR) is 67.8 cm³/mol. The van der Waals surface area contributed by atoms with Gasteiger partial charge in [0, 0.05) is 29.3 Å². The Bertz CT molecular complexity index is 374. The number of anilines is 1. The van der Waals surface area contributed by atoms with E-state index >= 15 is 0 Å². The Balaban J connectivity index is 2.36. The van der Waals surface area contributed by atoms with Gasteiger partial charge in [-0.25, -0.2) is 0 Å².